The number of carbonyl (C=O) groups excluding carboxylic acids is 1. The molecule has 1 aromatic carbocycles. The van der Waals surface area contributed by atoms with E-state index in [9.17, 15) is 4.79 Å². The van der Waals surface area contributed by atoms with Gasteiger partial charge in [-0.25, -0.2) is 0 Å². The molecule has 0 N–H and O–H groups in total. The Balaban J connectivity index is 2.40. The molecule has 1 fully saturated rings. The fourth-order valence-electron chi connectivity index (χ4n) is 2.08. The molecule has 0 saturated heterocycles. The van der Waals surface area contributed by atoms with Crippen LogP contribution < -0.4 is 4.74 Å². The minimum absolute atomic E-state index is 0.215. The molecule has 3 nitrogen and oxygen atoms in total. The van der Waals surface area contributed by atoms with Gasteiger partial charge < -0.3 is 9.47 Å². The number of hydrogen-bond donors (Lipinski definition) is 0. The first-order valence-corrected chi connectivity index (χ1v) is 5.96. The van der Waals surface area contributed by atoms with Gasteiger partial charge >= 0.3 is 5.97 Å². The average Bonchev–Trinajstić information content (AvgIpc) is 3.14. The molecule has 1 aliphatic rings. The van der Waals surface area contributed by atoms with Crippen molar-refractivity contribution in [3.8, 4) is 5.75 Å². The third-order valence-corrected chi connectivity index (χ3v) is 3.31. The molecule has 1 atom stereocenters. The van der Waals surface area contributed by atoms with Crippen LogP contribution in [0, 0.1) is 5.92 Å². The van der Waals surface area contributed by atoms with Gasteiger partial charge in [-0.2, -0.15) is 0 Å². The number of ether oxygens (including phenoxy) is 2. The summed E-state index contributed by atoms with van der Waals surface area (Å²) < 4.78 is 10.2. The standard InChI is InChI=1S/C13H15ClO3/c1-16-11-6-5-9(14)7-10(11)12(8-3-4-8)13(15)17-2/h5-8,12H,3-4H2,1-2H3. The fraction of sp³-hybridized carbons (Fsp3) is 0.462. The van der Waals surface area contributed by atoms with Crippen molar-refractivity contribution in [2.24, 2.45) is 5.92 Å². The smallest absolute Gasteiger partial charge is 0.313 e. The van der Waals surface area contributed by atoms with Gasteiger partial charge in [-0.05, 0) is 37.0 Å². The molecular formula is C13H15ClO3. The van der Waals surface area contributed by atoms with E-state index in [2.05, 4.69) is 0 Å². The highest BCUT2D eigenvalue weighted by molar-refractivity contribution is 6.30. The summed E-state index contributed by atoms with van der Waals surface area (Å²) in [5, 5.41) is 0.607. The molecule has 0 aromatic heterocycles. The van der Waals surface area contributed by atoms with Gasteiger partial charge in [0.15, 0.2) is 0 Å². The molecule has 0 spiro atoms. The van der Waals surface area contributed by atoms with Gasteiger partial charge in [0.1, 0.15) is 5.75 Å². The van der Waals surface area contributed by atoms with E-state index in [1.807, 2.05) is 0 Å². The van der Waals surface area contributed by atoms with Crippen LogP contribution in [0.5, 0.6) is 5.75 Å². The van der Waals surface area contributed by atoms with Crippen LogP contribution in [-0.2, 0) is 9.53 Å². The van der Waals surface area contributed by atoms with Crippen LogP contribution in [0.2, 0.25) is 5.02 Å². The zero-order chi connectivity index (χ0) is 12.4. The molecule has 0 aliphatic heterocycles. The Morgan fingerprint density at radius 3 is 2.65 bits per heavy atom. The van der Waals surface area contributed by atoms with E-state index >= 15 is 0 Å². The first-order valence-electron chi connectivity index (χ1n) is 5.58. The molecule has 0 radical (unpaired) electrons. The van der Waals surface area contributed by atoms with Crippen molar-refractivity contribution in [2.75, 3.05) is 14.2 Å². The van der Waals surface area contributed by atoms with Crippen molar-refractivity contribution in [2.45, 2.75) is 18.8 Å². The Morgan fingerprint density at radius 2 is 2.12 bits per heavy atom. The lowest BCUT2D eigenvalue weighted by molar-refractivity contribution is -0.143. The Morgan fingerprint density at radius 1 is 1.41 bits per heavy atom. The summed E-state index contributed by atoms with van der Waals surface area (Å²) in [5.74, 6) is 0.577. The summed E-state index contributed by atoms with van der Waals surface area (Å²) in [7, 11) is 3.00. The quantitative estimate of drug-likeness (QED) is 0.775. The molecule has 1 aromatic rings. The summed E-state index contributed by atoms with van der Waals surface area (Å²) in [5.41, 5.74) is 0.828. The maximum Gasteiger partial charge on any atom is 0.313 e. The lowest BCUT2D eigenvalue weighted by atomic mass is 9.93. The topological polar surface area (TPSA) is 35.5 Å². The van der Waals surface area contributed by atoms with Gasteiger partial charge in [0, 0.05) is 10.6 Å². The summed E-state index contributed by atoms with van der Waals surface area (Å²) in [6, 6.07) is 5.33. The molecule has 1 aliphatic carbocycles. The Bertz CT molecular complexity index is 427. The van der Waals surface area contributed by atoms with Gasteiger partial charge in [0.05, 0.1) is 20.1 Å². The van der Waals surface area contributed by atoms with Crippen LogP contribution in [0.3, 0.4) is 0 Å². The molecule has 2 rings (SSSR count). The van der Waals surface area contributed by atoms with Gasteiger partial charge in [0.2, 0.25) is 0 Å². The fourth-order valence-corrected chi connectivity index (χ4v) is 2.26. The van der Waals surface area contributed by atoms with Crippen LogP contribution in [0.1, 0.15) is 24.3 Å². The second kappa shape index (κ2) is 4.96. The van der Waals surface area contributed by atoms with Crippen LogP contribution in [0.25, 0.3) is 0 Å². The number of halogens is 1. The predicted molar refractivity (Wildman–Crippen MR) is 65.5 cm³/mol. The molecule has 4 heteroatoms. The largest absolute Gasteiger partial charge is 0.496 e. The molecule has 0 heterocycles. The first kappa shape index (κ1) is 12.2. The van der Waals surface area contributed by atoms with Gasteiger partial charge in [0.25, 0.3) is 0 Å². The van der Waals surface area contributed by atoms with E-state index < -0.39 is 0 Å². The second-order valence-corrected chi connectivity index (χ2v) is 4.66. The number of hydrogen-bond acceptors (Lipinski definition) is 3. The van der Waals surface area contributed by atoms with Gasteiger partial charge in [-0.15, -0.1) is 0 Å². The number of esters is 1. The highest BCUT2D eigenvalue weighted by Crippen LogP contribution is 2.46. The predicted octanol–water partition coefficient (Wildman–Crippen LogP) is 3.02. The van der Waals surface area contributed by atoms with Crippen molar-refractivity contribution in [3.63, 3.8) is 0 Å². The Kier molecular flexibility index (Phi) is 3.57. The summed E-state index contributed by atoms with van der Waals surface area (Å²) >= 11 is 5.98. The molecule has 1 saturated carbocycles. The van der Waals surface area contributed by atoms with Crippen LogP contribution in [-0.4, -0.2) is 20.2 Å². The highest BCUT2D eigenvalue weighted by Gasteiger charge is 2.39. The molecule has 0 bridgehead atoms. The van der Waals surface area contributed by atoms with E-state index in [0.717, 1.165) is 18.4 Å². The van der Waals surface area contributed by atoms with Crippen molar-refractivity contribution in [3.05, 3.63) is 28.8 Å². The maximum absolute atomic E-state index is 11.9. The molecule has 1 unspecified atom stereocenters. The average molecular weight is 255 g/mol. The summed E-state index contributed by atoms with van der Waals surface area (Å²) in [6.07, 6.45) is 2.10. The molecule has 92 valence electrons. The van der Waals surface area contributed by atoms with Crippen LogP contribution >= 0.6 is 11.6 Å². The second-order valence-electron chi connectivity index (χ2n) is 4.22. The molecule has 17 heavy (non-hydrogen) atoms. The number of benzene rings is 1. The monoisotopic (exact) mass is 254 g/mol. The van der Waals surface area contributed by atoms with E-state index in [1.165, 1.54) is 7.11 Å². The normalized spacial score (nSPS) is 16.4. The summed E-state index contributed by atoms with van der Waals surface area (Å²) in [4.78, 5) is 11.9. The van der Waals surface area contributed by atoms with E-state index in [1.54, 1.807) is 25.3 Å². The van der Waals surface area contributed by atoms with Crippen molar-refractivity contribution < 1.29 is 14.3 Å². The molecular weight excluding hydrogens is 240 g/mol. The number of methoxy groups -OCH3 is 2. The maximum atomic E-state index is 11.9. The van der Waals surface area contributed by atoms with E-state index in [0.29, 0.717) is 16.7 Å². The highest BCUT2D eigenvalue weighted by atomic mass is 35.5. The van der Waals surface area contributed by atoms with E-state index in [-0.39, 0.29) is 11.9 Å². The lowest BCUT2D eigenvalue weighted by Crippen LogP contribution is -2.17. The molecule has 0 amide bonds. The van der Waals surface area contributed by atoms with Crippen molar-refractivity contribution in [1.29, 1.82) is 0 Å². The lowest BCUT2D eigenvalue weighted by Gasteiger charge is -2.17. The van der Waals surface area contributed by atoms with Crippen molar-refractivity contribution in [1.82, 2.24) is 0 Å². The van der Waals surface area contributed by atoms with E-state index in [4.69, 9.17) is 21.1 Å². The SMILES string of the molecule is COC(=O)C(c1cc(Cl)ccc1OC)C1CC1. The van der Waals surface area contributed by atoms with Crippen LogP contribution in [0.4, 0.5) is 0 Å². The minimum Gasteiger partial charge on any atom is -0.496 e. The van der Waals surface area contributed by atoms with Crippen LogP contribution in [0.15, 0.2) is 18.2 Å². The third-order valence-electron chi connectivity index (χ3n) is 3.08. The van der Waals surface area contributed by atoms with Gasteiger partial charge in [-0.1, -0.05) is 11.6 Å². The Labute approximate surface area is 106 Å². The third kappa shape index (κ3) is 2.55. The zero-order valence-corrected chi connectivity index (χ0v) is 10.7. The first-order chi connectivity index (χ1) is 8.17. The number of carbonyl (C=O) groups is 1. The minimum atomic E-state index is -0.256. The summed E-state index contributed by atoms with van der Waals surface area (Å²) in [6.45, 7) is 0. The number of rotatable bonds is 4. The van der Waals surface area contributed by atoms with Crippen molar-refractivity contribution >= 4 is 17.6 Å². The zero-order valence-electron chi connectivity index (χ0n) is 9.90. The van der Waals surface area contributed by atoms with Gasteiger partial charge in [-0.3, -0.25) is 4.79 Å². The Hall–Kier alpha value is -1.22.